The first kappa shape index (κ1) is 16.0. The zero-order valence-electron chi connectivity index (χ0n) is 14.4. The number of carbonyl (C=O) groups excluding carboxylic acids is 3. The minimum Gasteiger partial charge on any atom is -0.373 e. The number of rotatable bonds is 4. The molecule has 1 aromatic rings. The summed E-state index contributed by atoms with van der Waals surface area (Å²) in [4.78, 5) is 38.6. The topological polar surface area (TPSA) is 87.7 Å². The molecule has 3 amide bonds. The molecular weight excluding hydrogens is 334 g/mol. The van der Waals surface area contributed by atoms with Crippen LogP contribution in [0.2, 0.25) is 0 Å². The van der Waals surface area contributed by atoms with E-state index in [-0.39, 0.29) is 48.3 Å². The van der Waals surface area contributed by atoms with Gasteiger partial charge in [0.1, 0.15) is 6.54 Å². The third kappa shape index (κ3) is 2.38. The Morgan fingerprint density at radius 1 is 1.12 bits per heavy atom. The van der Waals surface area contributed by atoms with E-state index in [9.17, 15) is 14.4 Å². The maximum Gasteiger partial charge on any atom is 0.240 e. The Morgan fingerprint density at radius 3 is 2.54 bits per heavy atom. The molecular formula is C19H21N3O4. The van der Waals surface area contributed by atoms with Crippen molar-refractivity contribution >= 4 is 17.7 Å². The molecule has 7 heteroatoms. The fraction of sp³-hybridized carbons (Fsp3) is 0.526. The van der Waals surface area contributed by atoms with E-state index in [0.29, 0.717) is 6.54 Å². The van der Waals surface area contributed by atoms with Crippen molar-refractivity contribution < 1.29 is 19.1 Å². The van der Waals surface area contributed by atoms with Gasteiger partial charge >= 0.3 is 0 Å². The predicted octanol–water partition coefficient (Wildman–Crippen LogP) is 0.0684. The van der Waals surface area contributed by atoms with Crippen LogP contribution < -0.4 is 10.6 Å². The van der Waals surface area contributed by atoms with Crippen LogP contribution in [-0.4, -0.2) is 41.4 Å². The number of benzene rings is 1. The number of nitrogens with zero attached hydrogens (tertiary/aromatic N) is 1. The Balaban J connectivity index is 1.21. The summed E-state index contributed by atoms with van der Waals surface area (Å²) >= 11 is 0. The maximum atomic E-state index is 12.6. The third-order valence-corrected chi connectivity index (χ3v) is 6.07. The first-order chi connectivity index (χ1) is 12.6. The van der Waals surface area contributed by atoms with Gasteiger partial charge in [-0.15, -0.1) is 0 Å². The van der Waals surface area contributed by atoms with Gasteiger partial charge in [-0.1, -0.05) is 18.2 Å². The summed E-state index contributed by atoms with van der Waals surface area (Å²) in [6, 6.07) is 6.15. The van der Waals surface area contributed by atoms with Gasteiger partial charge in [0.25, 0.3) is 0 Å². The van der Waals surface area contributed by atoms with Crippen molar-refractivity contribution in [1.29, 1.82) is 0 Å². The molecule has 4 unspecified atom stereocenters. The highest BCUT2D eigenvalue weighted by Gasteiger charge is 2.62. The van der Waals surface area contributed by atoms with Crippen molar-refractivity contribution in [3.63, 3.8) is 0 Å². The summed E-state index contributed by atoms with van der Waals surface area (Å²) in [5, 5.41) is 6.12. The van der Waals surface area contributed by atoms with E-state index < -0.39 is 0 Å². The lowest BCUT2D eigenvalue weighted by Gasteiger charge is -2.17. The van der Waals surface area contributed by atoms with Gasteiger partial charge in [-0.3, -0.25) is 19.3 Å². The van der Waals surface area contributed by atoms with Crippen molar-refractivity contribution in [2.75, 3.05) is 6.54 Å². The molecule has 4 atom stereocenters. The fourth-order valence-electron chi connectivity index (χ4n) is 4.79. The average Bonchev–Trinajstić information content (AvgIpc) is 3.40. The molecule has 7 nitrogen and oxygen atoms in total. The Hall–Kier alpha value is -2.25. The lowest BCUT2D eigenvalue weighted by Crippen LogP contribution is -2.42. The lowest BCUT2D eigenvalue weighted by atomic mass is 9.81. The second-order valence-corrected chi connectivity index (χ2v) is 7.59. The fourth-order valence-corrected chi connectivity index (χ4v) is 4.79. The van der Waals surface area contributed by atoms with E-state index >= 15 is 0 Å². The molecule has 4 aliphatic heterocycles. The van der Waals surface area contributed by atoms with E-state index in [1.165, 1.54) is 11.1 Å². The number of amides is 3. The van der Waals surface area contributed by atoms with Gasteiger partial charge in [0.15, 0.2) is 0 Å². The molecule has 1 aromatic carbocycles. The van der Waals surface area contributed by atoms with Gasteiger partial charge in [-0.25, -0.2) is 0 Å². The molecule has 3 fully saturated rings. The van der Waals surface area contributed by atoms with Gasteiger partial charge in [0.05, 0.1) is 24.0 Å². The molecule has 136 valence electrons. The summed E-state index contributed by atoms with van der Waals surface area (Å²) in [6.07, 6.45) is 1.37. The highest BCUT2D eigenvalue weighted by molar-refractivity contribution is 6.08. The quantitative estimate of drug-likeness (QED) is 0.747. The molecule has 0 saturated carbocycles. The normalized spacial score (nSPS) is 31.5. The molecule has 0 spiro atoms. The summed E-state index contributed by atoms with van der Waals surface area (Å²) in [6.45, 7) is 1.93. The van der Waals surface area contributed by atoms with Crippen LogP contribution in [0.25, 0.3) is 0 Å². The van der Waals surface area contributed by atoms with E-state index in [0.717, 1.165) is 36.4 Å². The molecule has 0 radical (unpaired) electrons. The molecule has 4 heterocycles. The summed E-state index contributed by atoms with van der Waals surface area (Å²) in [5.41, 5.74) is 3.56. The molecule has 0 aromatic heterocycles. The largest absolute Gasteiger partial charge is 0.373 e. The Kier molecular flexibility index (Phi) is 3.62. The summed E-state index contributed by atoms with van der Waals surface area (Å²) < 4.78 is 5.70. The highest BCUT2D eigenvalue weighted by Crippen LogP contribution is 2.48. The highest BCUT2D eigenvalue weighted by atomic mass is 16.5. The van der Waals surface area contributed by atoms with Crippen molar-refractivity contribution in [3.8, 4) is 0 Å². The van der Waals surface area contributed by atoms with Crippen LogP contribution in [-0.2, 0) is 38.8 Å². The Bertz CT molecular complexity index is 780. The number of hydrogen-bond acceptors (Lipinski definition) is 5. The molecule has 0 aliphatic carbocycles. The Labute approximate surface area is 151 Å². The van der Waals surface area contributed by atoms with Gasteiger partial charge in [-0.2, -0.15) is 0 Å². The van der Waals surface area contributed by atoms with E-state index in [1.807, 2.05) is 6.07 Å². The van der Waals surface area contributed by atoms with Crippen molar-refractivity contribution in [2.24, 2.45) is 11.8 Å². The third-order valence-electron chi connectivity index (χ3n) is 6.07. The number of hydrogen-bond donors (Lipinski definition) is 2. The molecule has 26 heavy (non-hydrogen) atoms. The number of ether oxygens (including phenoxy) is 1. The molecule has 2 N–H and O–H groups in total. The van der Waals surface area contributed by atoms with Crippen LogP contribution in [0.5, 0.6) is 0 Å². The minimum atomic E-state index is -0.377. The first-order valence-corrected chi connectivity index (χ1v) is 9.20. The van der Waals surface area contributed by atoms with Crippen LogP contribution in [0.15, 0.2) is 18.2 Å². The first-order valence-electron chi connectivity index (χ1n) is 9.20. The standard InChI is InChI=1S/C19H21N3O4/c23-15(21-6-10-1-2-11-7-20-8-12(11)5-10)9-22-18(24)16-13-3-4-14(26-13)17(16)19(22)25/h1-2,5,13-14,16-17,20H,3-4,6-9H2,(H,21,23). The smallest absolute Gasteiger partial charge is 0.240 e. The molecule has 3 saturated heterocycles. The average molecular weight is 355 g/mol. The zero-order chi connectivity index (χ0) is 17.8. The van der Waals surface area contributed by atoms with E-state index in [2.05, 4.69) is 22.8 Å². The lowest BCUT2D eigenvalue weighted by molar-refractivity contribution is -0.146. The number of fused-ring (bicyclic) bond motifs is 6. The van der Waals surface area contributed by atoms with Gasteiger partial charge in [-0.05, 0) is 29.5 Å². The molecule has 5 rings (SSSR count). The monoisotopic (exact) mass is 355 g/mol. The van der Waals surface area contributed by atoms with Gasteiger partial charge in [0.2, 0.25) is 17.7 Å². The summed E-state index contributed by atoms with van der Waals surface area (Å²) in [5.74, 6) is -1.55. The van der Waals surface area contributed by atoms with Crippen LogP contribution in [0, 0.1) is 11.8 Å². The second kappa shape index (κ2) is 5.89. The van der Waals surface area contributed by atoms with Crippen molar-refractivity contribution in [3.05, 3.63) is 34.9 Å². The van der Waals surface area contributed by atoms with Gasteiger partial charge < -0.3 is 15.4 Å². The number of nitrogens with one attached hydrogen (secondary N) is 2. The van der Waals surface area contributed by atoms with Crippen molar-refractivity contribution in [1.82, 2.24) is 15.5 Å². The summed E-state index contributed by atoms with van der Waals surface area (Å²) in [7, 11) is 0. The SMILES string of the molecule is O=C(CN1C(=O)C2C3CCC(O3)C2C1=O)NCc1ccc2c(c1)CNC2. The van der Waals surface area contributed by atoms with Crippen LogP contribution in [0.1, 0.15) is 29.5 Å². The van der Waals surface area contributed by atoms with E-state index in [1.54, 1.807) is 0 Å². The zero-order valence-corrected chi connectivity index (χ0v) is 14.4. The van der Waals surface area contributed by atoms with Crippen LogP contribution in [0.4, 0.5) is 0 Å². The number of carbonyl (C=O) groups is 3. The van der Waals surface area contributed by atoms with Crippen LogP contribution >= 0.6 is 0 Å². The Morgan fingerprint density at radius 2 is 1.81 bits per heavy atom. The number of likely N-dealkylation sites (tertiary alicyclic amines) is 1. The molecule has 4 aliphatic rings. The predicted molar refractivity (Wildman–Crippen MR) is 90.4 cm³/mol. The van der Waals surface area contributed by atoms with Gasteiger partial charge in [0, 0.05) is 19.6 Å². The maximum absolute atomic E-state index is 12.6. The molecule has 2 bridgehead atoms. The number of imide groups is 1. The minimum absolute atomic E-state index is 0.144. The second-order valence-electron chi connectivity index (χ2n) is 7.59. The van der Waals surface area contributed by atoms with Crippen molar-refractivity contribution in [2.45, 2.75) is 44.7 Å². The van der Waals surface area contributed by atoms with E-state index in [4.69, 9.17) is 4.74 Å². The van der Waals surface area contributed by atoms with Crippen LogP contribution in [0.3, 0.4) is 0 Å².